The second kappa shape index (κ2) is 53.3. The standard InChI is InChI=1S/C89H108N14O32/c104-60-20-16-50(17-21-60)40-66(96-79(118)65(41-51-14-18-53-8-1-3-10-55(53)38-51)93-71(106)26-24-69(88(133)134)103-36-34-101(48-75(112)113)32-30-100(47-74(110)111)31-33-102(35-37-103)49-76(114)115)81(120)97-67(42-52-15-19-54-9-2-4-11-56(54)39-52)80(119)94-62(85(127)128)12-5-6-28-91-78(117)68(95-77(116)57-43-58(82(121)122)45-59(44-57)83(123)124)46-72(107)90-29-7-13-61(84(125)126)92-70(105)25-22-63(86(129)130)98-89(135)99-64(87(131)132)23-27-73(108)109/h1-4,8-11,14-21,38-39,43-45,61-69,104H,5-7,12-13,22-37,40-42,46-49H2,(H,90,107)(H,91,117)(H,92,105)(H,93,106)(H,94,119)(H,95,116)(H,96,118)(H,97,120)(H,108,109)(H,110,111)(H,112,113)(H,114,115)(H,121,122)(H,123,124)(H,125,126)(H,127,128)(H,129,130)(H,131,132)(H,133,134)(H2,98,99,135)/t61?,62-,63+,64+,65+,66-,67-,68-,69?/m1/s1. The van der Waals surface area contributed by atoms with Gasteiger partial charge in [-0.1, -0.05) is 97.1 Å². The summed E-state index contributed by atoms with van der Waals surface area (Å²) in [5.41, 5.74) is -0.660. The molecule has 6 aromatic rings. The number of aromatic carboxylic acids is 2. The lowest BCUT2D eigenvalue weighted by atomic mass is 9.98. The molecule has 1 heterocycles. The van der Waals surface area contributed by atoms with Crippen LogP contribution in [0.25, 0.3) is 21.5 Å². The Morgan fingerprint density at radius 2 is 0.681 bits per heavy atom. The van der Waals surface area contributed by atoms with Gasteiger partial charge in [-0.3, -0.25) is 81.9 Å². The maximum absolute atomic E-state index is 15.3. The highest BCUT2D eigenvalue weighted by Gasteiger charge is 2.36. The third-order valence-corrected chi connectivity index (χ3v) is 21.8. The second-order valence-electron chi connectivity index (χ2n) is 32.0. The van der Waals surface area contributed by atoms with Gasteiger partial charge in [-0.25, -0.2) is 33.6 Å². The highest BCUT2D eigenvalue weighted by atomic mass is 16.4. The lowest BCUT2D eigenvalue weighted by molar-refractivity contribution is -0.145. The Hall–Kier alpha value is -15.3. The van der Waals surface area contributed by atoms with Crippen molar-refractivity contribution in [3.8, 4) is 5.75 Å². The van der Waals surface area contributed by atoms with E-state index in [2.05, 4.69) is 42.5 Å². The monoisotopic (exact) mass is 1880 g/mol. The van der Waals surface area contributed by atoms with E-state index in [1.807, 2.05) is 22.8 Å². The molecule has 135 heavy (non-hydrogen) atoms. The lowest BCUT2D eigenvalue weighted by Gasteiger charge is -2.35. The number of urea groups is 1. The number of benzene rings is 6. The molecule has 1 aliphatic heterocycles. The number of carboxylic acids is 11. The number of rotatable bonds is 53. The van der Waals surface area contributed by atoms with E-state index in [-0.39, 0.29) is 116 Å². The summed E-state index contributed by atoms with van der Waals surface area (Å²) in [6, 6.07) is 15.8. The Balaban J connectivity index is 1.07. The number of carbonyl (C=O) groups excluding carboxylic acids is 9. The number of carbonyl (C=O) groups is 20. The molecule has 10 amide bonds. The van der Waals surface area contributed by atoms with Gasteiger partial charge in [0.2, 0.25) is 41.4 Å². The fourth-order valence-electron chi connectivity index (χ4n) is 14.7. The number of aliphatic carboxylic acids is 9. The molecule has 46 heteroatoms. The zero-order valence-electron chi connectivity index (χ0n) is 72.9. The van der Waals surface area contributed by atoms with E-state index < -0.39 is 261 Å². The molecule has 0 spiro atoms. The maximum Gasteiger partial charge on any atom is 0.335 e. The molecule has 1 fully saturated rings. The first-order valence-corrected chi connectivity index (χ1v) is 42.8. The highest BCUT2D eigenvalue weighted by Crippen LogP contribution is 2.23. The Morgan fingerprint density at radius 3 is 1.13 bits per heavy atom. The van der Waals surface area contributed by atoms with Gasteiger partial charge in [-0.2, -0.15) is 0 Å². The average molecular weight is 1890 g/mol. The summed E-state index contributed by atoms with van der Waals surface area (Å²) < 4.78 is 0. The van der Waals surface area contributed by atoms with Crippen LogP contribution in [0.1, 0.15) is 125 Å². The number of phenols is 1. The minimum Gasteiger partial charge on any atom is -0.508 e. The summed E-state index contributed by atoms with van der Waals surface area (Å²) in [5, 5.41) is 145. The normalized spacial score (nSPS) is 14.8. The van der Waals surface area contributed by atoms with E-state index in [0.29, 0.717) is 22.1 Å². The van der Waals surface area contributed by atoms with Gasteiger partial charge in [0.05, 0.1) is 37.2 Å². The van der Waals surface area contributed by atoms with Crippen LogP contribution >= 0.6 is 0 Å². The van der Waals surface area contributed by atoms with Crippen molar-refractivity contribution >= 4 is 140 Å². The predicted molar refractivity (Wildman–Crippen MR) is 472 cm³/mol. The number of unbranched alkanes of at least 4 members (excludes halogenated alkanes) is 1. The Kier molecular flexibility index (Phi) is 42.1. The first-order valence-electron chi connectivity index (χ1n) is 42.8. The lowest BCUT2D eigenvalue weighted by Crippen LogP contribution is -2.59. The molecule has 1 aliphatic rings. The molecule has 0 saturated carbocycles. The van der Waals surface area contributed by atoms with Crippen LogP contribution < -0.4 is 53.2 Å². The van der Waals surface area contributed by atoms with E-state index in [0.717, 1.165) is 34.4 Å². The third-order valence-electron chi connectivity index (χ3n) is 21.8. The molecule has 0 aromatic heterocycles. The maximum atomic E-state index is 15.3. The number of nitrogens with one attached hydrogen (secondary N) is 10. The van der Waals surface area contributed by atoms with Crippen LogP contribution in [0.15, 0.2) is 127 Å². The Bertz CT molecular complexity index is 5250. The zero-order valence-corrected chi connectivity index (χ0v) is 72.9. The van der Waals surface area contributed by atoms with Crippen molar-refractivity contribution in [2.45, 2.75) is 151 Å². The van der Waals surface area contributed by atoms with E-state index >= 15 is 9.59 Å². The van der Waals surface area contributed by atoms with Gasteiger partial charge in [0, 0.05) is 110 Å². The van der Waals surface area contributed by atoms with E-state index in [1.165, 1.54) is 43.9 Å². The van der Waals surface area contributed by atoms with Crippen LogP contribution in [0.4, 0.5) is 4.79 Å². The Labute approximate surface area is 769 Å². The number of amides is 10. The predicted octanol–water partition coefficient (Wildman–Crippen LogP) is -0.353. The van der Waals surface area contributed by atoms with Gasteiger partial charge in [0.15, 0.2) is 0 Å². The number of fused-ring (bicyclic) bond motifs is 2. The number of hydrogen-bond donors (Lipinski definition) is 22. The van der Waals surface area contributed by atoms with Gasteiger partial charge < -0.3 is 114 Å². The van der Waals surface area contributed by atoms with Gasteiger partial charge in [0.25, 0.3) is 5.91 Å². The Morgan fingerprint density at radius 1 is 0.304 bits per heavy atom. The van der Waals surface area contributed by atoms with Crippen LogP contribution in [0.5, 0.6) is 5.75 Å². The van der Waals surface area contributed by atoms with E-state index in [4.69, 9.17) is 5.11 Å². The number of carboxylic acid groups (broad SMARTS) is 11. The first kappa shape index (κ1) is 107. The molecule has 22 N–H and O–H groups in total. The minimum absolute atomic E-state index is 0.0199. The topological polar surface area (TPSA) is 717 Å². The summed E-state index contributed by atoms with van der Waals surface area (Å²) >= 11 is 0. The fourth-order valence-corrected chi connectivity index (χ4v) is 14.7. The minimum atomic E-state index is -1.87. The van der Waals surface area contributed by atoms with E-state index in [9.17, 15) is 142 Å². The molecule has 726 valence electrons. The SMILES string of the molecule is O=C(O)CC[C@H](NC(=O)N[C@@H](CCC(=O)NC(CCCNC(=O)C[C@@H](NC(=O)c1cc(C(=O)O)cc(C(=O)O)c1)C(=O)NCCCC[C@@H](NC(=O)[C@@H](Cc1ccc2ccccc2c1)NC(=O)[C@@H](Cc1ccc(O)cc1)NC(=O)[C@H](Cc1ccc2ccccc2c1)NC(=O)CCC(C(=O)O)N1CCN(CC(=O)O)CCN(CC(=O)O)CCN(CC(=O)O)CC1)C(=O)O)C(=O)O)C(=O)O)C(=O)O. The van der Waals surface area contributed by atoms with Gasteiger partial charge in [0.1, 0.15) is 60.1 Å². The molecule has 0 radical (unpaired) electrons. The van der Waals surface area contributed by atoms with Crippen LogP contribution in [-0.2, 0) is 96.0 Å². The molecule has 0 aliphatic carbocycles. The van der Waals surface area contributed by atoms with Crippen LogP contribution in [0, 0.1) is 0 Å². The van der Waals surface area contributed by atoms with Gasteiger partial charge >= 0.3 is 71.7 Å². The quantitative estimate of drug-likeness (QED) is 0.0217. The molecule has 7 rings (SSSR count). The summed E-state index contributed by atoms with van der Waals surface area (Å²) in [6.07, 6.45) is -6.73. The van der Waals surface area contributed by atoms with Crippen molar-refractivity contribution in [1.29, 1.82) is 0 Å². The molecule has 46 nitrogen and oxygen atoms in total. The van der Waals surface area contributed by atoms with Crippen molar-refractivity contribution in [2.24, 2.45) is 0 Å². The molecule has 1 saturated heterocycles. The summed E-state index contributed by atoms with van der Waals surface area (Å²) in [7, 11) is 0. The van der Waals surface area contributed by atoms with Crippen LogP contribution in [-0.4, -0.2) is 339 Å². The molecular weight excluding hydrogens is 1780 g/mol. The second-order valence-corrected chi connectivity index (χ2v) is 32.0. The highest BCUT2D eigenvalue weighted by molar-refractivity contribution is 6.04. The number of hydrogen-bond acceptors (Lipinski definition) is 25. The van der Waals surface area contributed by atoms with E-state index in [1.54, 1.807) is 72.8 Å². The number of nitrogens with zero attached hydrogens (tertiary/aromatic N) is 4. The van der Waals surface area contributed by atoms with Crippen LogP contribution in [0.3, 0.4) is 0 Å². The molecule has 0 bridgehead atoms. The van der Waals surface area contributed by atoms with Gasteiger partial charge in [-0.15, -0.1) is 0 Å². The van der Waals surface area contributed by atoms with Crippen molar-refractivity contribution in [1.82, 2.24) is 72.8 Å². The van der Waals surface area contributed by atoms with Crippen molar-refractivity contribution in [3.05, 3.63) is 161 Å². The molecule has 2 unspecified atom stereocenters. The van der Waals surface area contributed by atoms with Crippen molar-refractivity contribution < 1.29 is 157 Å². The smallest absolute Gasteiger partial charge is 0.335 e. The molecule has 6 aromatic carbocycles. The summed E-state index contributed by atoms with van der Waals surface area (Å²) in [6.45, 7) is -2.42. The summed E-state index contributed by atoms with van der Waals surface area (Å²) in [4.78, 5) is 266. The van der Waals surface area contributed by atoms with Gasteiger partial charge in [-0.05, 0) is 120 Å². The first-order chi connectivity index (χ1) is 64.1. The molecular formula is C89H108N14O32. The summed E-state index contributed by atoms with van der Waals surface area (Å²) in [5.74, 6) is -24.8. The largest absolute Gasteiger partial charge is 0.508 e. The van der Waals surface area contributed by atoms with Crippen molar-refractivity contribution in [2.75, 3.05) is 85.1 Å². The average Bonchev–Trinajstić information content (AvgIpc) is 0.828. The fraction of sp³-hybridized carbons (Fsp3) is 0.416. The number of aromatic hydroxyl groups is 1. The zero-order chi connectivity index (χ0) is 99.1. The number of phenolic OH excluding ortho intramolecular Hbond substituents is 1. The van der Waals surface area contributed by atoms with Crippen LogP contribution in [0.2, 0.25) is 0 Å². The van der Waals surface area contributed by atoms with Crippen molar-refractivity contribution in [3.63, 3.8) is 0 Å². The molecule has 9 atom stereocenters. The third kappa shape index (κ3) is 37.1.